The van der Waals surface area contributed by atoms with Crippen molar-refractivity contribution in [3.63, 3.8) is 0 Å². The number of carbonyl (C=O) groups excluding carboxylic acids is 4. The molecule has 10 nitrogen and oxygen atoms in total. The molecule has 0 spiro atoms. The van der Waals surface area contributed by atoms with Crippen LogP contribution in [0.2, 0.25) is 0 Å². The van der Waals surface area contributed by atoms with Gasteiger partial charge in [0.1, 0.15) is 11.5 Å². The van der Waals surface area contributed by atoms with Crippen molar-refractivity contribution in [3.8, 4) is 11.5 Å². The fourth-order valence-electron chi connectivity index (χ4n) is 10.2. The van der Waals surface area contributed by atoms with E-state index >= 15 is 9.59 Å². The zero-order valence-corrected chi connectivity index (χ0v) is 44.9. The summed E-state index contributed by atoms with van der Waals surface area (Å²) in [6.45, 7) is 15.4. The molecule has 5 aliphatic rings. The summed E-state index contributed by atoms with van der Waals surface area (Å²) >= 11 is 3.44. The minimum atomic E-state index is -0.199. The molecule has 0 radical (unpaired) electrons. The zero-order valence-electron chi connectivity index (χ0n) is 43.2. The van der Waals surface area contributed by atoms with Gasteiger partial charge < -0.3 is 29.1 Å². The summed E-state index contributed by atoms with van der Waals surface area (Å²) in [5.41, 5.74) is 9.23. The highest BCUT2D eigenvalue weighted by molar-refractivity contribution is 8.04. The van der Waals surface area contributed by atoms with Gasteiger partial charge in [-0.2, -0.15) is 0 Å². The summed E-state index contributed by atoms with van der Waals surface area (Å²) in [6.07, 6.45) is 17.1. The van der Waals surface area contributed by atoms with E-state index in [4.69, 9.17) is 9.47 Å². The van der Waals surface area contributed by atoms with Crippen LogP contribution in [0.5, 0.6) is 11.5 Å². The summed E-state index contributed by atoms with van der Waals surface area (Å²) in [6, 6.07) is 28.5. The third-order valence-corrected chi connectivity index (χ3v) is 16.3. The number of fused-ring (bicyclic) bond motifs is 10. The Morgan fingerprint density at radius 2 is 0.824 bits per heavy atom. The largest absolute Gasteiger partial charge is 0.483 e. The van der Waals surface area contributed by atoms with E-state index in [2.05, 4.69) is 96.5 Å². The van der Waals surface area contributed by atoms with Crippen molar-refractivity contribution in [2.75, 3.05) is 62.3 Å². The van der Waals surface area contributed by atoms with Crippen LogP contribution in [-0.4, -0.2) is 85.7 Å². The fraction of sp³-hybridized carbons (Fsp3) is 0.290. The number of ketones is 2. The Hall–Kier alpha value is -7.02. The molecular formula is C62H64N4O6S2. The molecule has 380 valence electrons. The first kappa shape index (κ1) is 51.9. The highest BCUT2D eigenvalue weighted by Gasteiger charge is 2.30. The summed E-state index contributed by atoms with van der Waals surface area (Å²) in [5, 5.41) is 2.17. The van der Waals surface area contributed by atoms with E-state index in [9.17, 15) is 9.59 Å². The van der Waals surface area contributed by atoms with Gasteiger partial charge in [-0.15, -0.1) is 0 Å². The second kappa shape index (κ2) is 23.5. The quantitative estimate of drug-likeness (QED) is 0.121. The summed E-state index contributed by atoms with van der Waals surface area (Å²) < 4.78 is 13.2. The molecule has 2 aliphatic heterocycles. The van der Waals surface area contributed by atoms with E-state index in [1.807, 2.05) is 88.4 Å². The molecule has 2 amide bonds. The Labute approximate surface area is 444 Å². The van der Waals surface area contributed by atoms with E-state index < -0.39 is 0 Å². The lowest BCUT2D eigenvalue weighted by Gasteiger charge is -2.24. The normalized spacial score (nSPS) is 17.1. The molecule has 0 atom stereocenters. The number of para-hydroxylation sites is 4. The number of hydrogen-bond acceptors (Lipinski definition) is 10. The molecule has 0 saturated carbocycles. The van der Waals surface area contributed by atoms with Crippen LogP contribution in [0, 0.1) is 0 Å². The minimum Gasteiger partial charge on any atom is -0.483 e. The molecule has 8 bridgehead atoms. The second-order valence-electron chi connectivity index (χ2n) is 18.5. The topological polar surface area (TPSA) is 99.7 Å². The number of benzene rings is 4. The molecule has 4 aromatic rings. The van der Waals surface area contributed by atoms with Crippen molar-refractivity contribution in [1.82, 2.24) is 9.80 Å². The van der Waals surface area contributed by atoms with Crippen LogP contribution in [0.1, 0.15) is 63.8 Å². The number of carbonyl (C=O) groups is 4. The van der Waals surface area contributed by atoms with Gasteiger partial charge >= 0.3 is 0 Å². The number of anilines is 2. The summed E-state index contributed by atoms with van der Waals surface area (Å²) in [7, 11) is 0. The average Bonchev–Trinajstić information content (AvgIpc) is 3.97. The maximum Gasteiger partial charge on any atom is 0.260 e. The monoisotopic (exact) mass is 1020 g/mol. The van der Waals surface area contributed by atoms with Gasteiger partial charge in [0.25, 0.3) is 11.8 Å². The van der Waals surface area contributed by atoms with Crippen molar-refractivity contribution in [2.24, 2.45) is 0 Å². The van der Waals surface area contributed by atoms with Crippen molar-refractivity contribution in [3.05, 3.63) is 199 Å². The van der Waals surface area contributed by atoms with Gasteiger partial charge in [0.05, 0.1) is 21.4 Å². The van der Waals surface area contributed by atoms with Gasteiger partial charge in [-0.25, -0.2) is 0 Å². The van der Waals surface area contributed by atoms with Crippen molar-refractivity contribution in [2.45, 2.75) is 77.0 Å². The molecule has 0 N–H and O–H groups in total. The number of hydrogen-bond donors (Lipinski definition) is 0. The number of thioether (sulfide) groups is 2. The first-order valence-corrected chi connectivity index (χ1v) is 27.5. The van der Waals surface area contributed by atoms with Crippen LogP contribution >= 0.6 is 23.5 Å². The van der Waals surface area contributed by atoms with E-state index in [0.29, 0.717) is 60.0 Å². The Morgan fingerprint density at radius 1 is 0.486 bits per heavy atom. The lowest BCUT2D eigenvalue weighted by Crippen LogP contribution is -2.34. The van der Waals surface area contributed by atoms with Gasteiger partial charge in [0, 0.05) is 97.0 Å². The third kappa shape index (κ3) is 11.1. The number of amides is 2. The molecule has 9 rings (SSSR count). The molecule has 74 heavy (non-hydrogen) atoms. The predicted octanol–water partition coefficient (Wildman–Crippen LogP) is 11.7. The maximum atomic E-state index is 15.1. The molecular weight excluding hydrogens is 961 g/mol. The van der Waals surface area contributed by atoms with Gasteiger partial charge in [-0.1, -0.05) is 96.3 Å². The third-order valence-electron chi connectivity index (χ3n) is 14.1. The number of nitrogens with zero attached hydrogens (tertiary/aromatic N) is 4. The minimum absolute atomic E-state index is 0.114. The second-order valence-corrected chi connectivity index (χ2v) is 20.7. The van der Waals surface area contributed by atoms with Crippen molar-refractivity contribution >= 4 is 58.3 Å². The van der Waals surface area contributed by atoms with Crippen LogP contribution in [0.25, 0.3) is 0 Å². The molecule has 0 saturated heterocycles. The van der Waals surface area contributed by atoms with Gasteiger partial charge in [0.2, 0.25) is 0 Å². The van der Waals surface area contributed by atoms with Crippen LogP contribution in [0.15, 0.2) is 187 Å². The molecule has 3 aliphatic carbocycles. The Kier molecular flexibility index (Phi) is 16.4. The van der Waals surface area contributed by atoms with Crippen molar-refractivity contribution < 1.29 is 28.7 Å². The molecule has 4 aromatic carbocycles. The molecule has 0 unspecified atom stereocenters. The van der Waals surface area contributed by atoms with Crippen LogP contribution in [0.3, 0.4) is 0 Å². The smallest absolute Gasteiger partial charge is 0.260 e. The van der Waals surface area contributed by atoms with Gasteiger partial charge in [0.15, 0.2) is 24.8 Å². The highest BCUT2D eigenvalue weighted by Crippen LogP contribution is 2.47. The standard InChI is InChI=1S/C62H64N4O6S2/c1-7-63(8-2)55(67)39-71-61-43-19-17-20-44(61)36-48-32-42(28-30-58-66(12-6)52-24-14-16-26-54(52)74-58)34-50(60(48)70)38-46-22-18-21-45(62(46)72-40-56(68)64(9-3)10-4)37-49-33-41(31-47(35-43)59(49)69)27-29-57-65(11-5)51-23-13-15-25-53(51)73-57/h13-34H,7-12,35-40H2,1-6H3. The number of ether oxygens (including phenoxy) is 2. The van der Waals surface area contributed by atoms with Crippen molar-refractivity contribution in [1.29, 1.82) is 0 Å². The number of Topliss-reactive ketones (excluding diaryl/α,β-unsaturated/α-hetero) is 2. The Balaban J connectivity index is 1.19. The van der Waals surface area contributed by atoms with Gasteiger partial charge in [-0.3, -0.25) is 19.2 Å². The Bertz CT molecular complexity index is 2850. The molecule has 2 heterocycles. The molecule has 12 heteroatoms. The first-order valence-electron chi connectivity index (χ1n) is 25.9. The summed E-state index contributed by atoms with van der Waals surface area (Å²) in [5.74, 6) is 0.460. The Morgan fingerprint density at radius 3 is 1.15 bits per heavy atom. The highest BCUT2D eigenvalue weighted by atomic mass is 32.2. The van der Waals surface area contributed by atoms with E-state index in [1.165, 1.54) is 21.2 Å². The van der Waals surface area contributed by atoms with Gasteiger partial charge in [-0.05, 0) is 136 Å². The molecule has 0 aromatic heterocycles. The zero-order chi connectivity index (χ0) is 51.9. The summed E-state index contributed by atoms with van der Waals surface area (Å²) in [4.78, 5) is 67.8. The lowest BCUT2D eigenvalue weighted by atomic mass is 9.83. The first-order chi connectivity index (χ1) is 36.0. The number of likely N-dealkylation sites (N-methyl/N-ethyl adjacent to an activating group) is 2. The van der Waals surface area contributed by atoms with E-state index in [1.54, 1.807) is 33.3 Å². The lowest BCUT2D eigenvalue weighted by molar-refractivity contribution is -0.133. The van der Waals surface area contributed by atoms with Crippen LogP contribution in [-0.2, 0) is 44.9 Å². The fourth-order valence-corrected chi connectivity index (χ4v) is 12.5. The van der Waals surface area contributed by atoms with Crippen LogP contribution < -0.4 is 19.3 Å². The van der Waals surface area contributed by atoms with E-state index in [0.717, 1.165) is 56.5 Å². The predicted molar refractivity (Wildman–Crippen MR) is 300 cm³/mol. The SMILES string of the molecule is CCN(CC)C(=O)COc1c2cccc1CC1=CC(=CC=C3Sc4ccccc4N3CC)C=C(Cc3cccc(c3OCC(=O)N(CC)CC)CC3=CC(=CC=C4Sc5ccccc5N4CC)C=C(C2)C3=O)C1=O. The van der Waals surface area contributed by atoms with Crippen LogP contribution in [0.4, 0.5) is 11.4 Å². The van der Waals surface area contributed by atoms with E-state index in [-0.39, 0.29) is 62.3 Å². The molecule has 0 fully saturated rings. The number of allylic oxidation sites excluding steroid dienone is 14. The average molecular weight is 1030 g/mol. The maximum absolute atomic E-state index is 15.1. The number of rotatable bonds is 14.